The van der Waals surface area contributed by atoms with Crippen molar-refractivity contribution < 1.29 is 13.9 Å². The molecule has 1 aromatic heterocycles. The molecule has 0 saturated heterocycles. The number of rotatable bonds is 4. The van der Waals surface area contributed by atoms with Crippen molar-refractivity contribution in [1.29, 1.82) is 0 Å². The smallest absolute Gasteiger partial charge is 0.268 e. The fourth-order valence-corrected chi connectivity index (χ4v) is 2.61. The molecule has 0 atom stereocenters. The molecule has 0 unspecified atom stereocenters. The summed E-state index contributed by atoms with van der Waals surface area (Å²) >= 11 is 0. The molecule has 2 aromatic rings. The monoisotopic (exact) mass is 286 g/mol. The highest BCUT2D eigenvalue weighted by molar-refractivity contribution is 5.93. The Morgan fingerprint density at radius 1 is 1.24 bits per heavy atom. The first-order chi connectivity index (χ1) is 10.3. The second kappa shape index (κ2) is 6.01. The fraction of sp³-hybridized carbons (Fsp3) is 0.312. The predicted molar refractivity (Wildman–Crippen MR) is 77.8 cm³/mol. The van der Waals surface area contributed by atoms with Gasteiger partial charge < -0.3 is 9.15 Å². The Kier molecular flexibility index (Phi) is 3.92. The van der Waals surface area contributed by atoms with Gasteiger partial charge in [0, 0.05) is 0 Å². The first kappa shape index (κ1) is 13.7. The molecule has 0 saturated carbocycles. The van der Waals surface area contributed by atoms with E-state index in [4.69, 9.17) is 15.0 Å². The number of furan rings is 1. The molecule has 1 aromatic carbocycles. The number of hydrogen-bond acceptors (Lipinski definition) is 4. The van der Waals surface area contributed by atoms with Gasteiger partial charge in [-0.1, -0.05) is 6.07 Å². The van der Waals surface area contributed by atoms with Crippen LogP contribution in [0.15, 0.2) is 34.9 Å². The topological polar surface area (TPSA) is 77.5 Å². The lowest BCUT2D eigenvalue weighted by Crippen LogP contribution is -2.29. The predicted octanol–water partition coefficient (Wildman–Crippen LogP) is 2.34. The first-order valence-corrected chi connectivity index (χ1v) is 7.09. The molecule has 0 spiro atoms. The van der Waals surface area contributed by atoms with Crippen LogP contribution in [0.3, 0.4) is 0 Å². The molecule has 0 bridgehead atoms. The molecular weight excluding hydrogens is 268 g/mol. The summed E-state index contributed by atoms with van der Waals surface area (Å²) in [6.07, 6.45) is 6.16. The lowest BCUT2D eigenvalue weighted by molar-refractivity contribution is 0.0953. The number of fused-ring (bicyclic) bond motifs is 1. The molecule has 0 fully saturated rings. The number of hydrazine groups is 1. The summed E-state index contributed by atoms with van der Waals surface area (Å²) in [5.41, 5.74) is 5.25. The minimum Gasteiger partial charge on any atom is -0.486 e. The Morgan fingerprint density at radius 3 is 2.86 bits per heavy atom. The van der Waals surface area contributed by atoms with Gasteiger partial charge in [-0.05, 0) is 55.0 Å². The van der Waals surface area contributed by atoms with Gasteiger partial charge in [-0.3, -0.25) is 10.2 Å². The minimum atomic E-state index is -0.376. The van der Waals surface area contributed by atoms with Crippen molar-refractivity contribution in [2.45, 2.75) is 32.3 Å². The molecule has 5 heteroatoms. The molecule has 21 heavy (non-hydrogen) atoms. The van der Waals surface area contributed by atoms with Crippen LogP contribution < -0.4 is 16.0 Å². The van der Waals surface area contributed by atoms with Gasteiger partial charge in [0.15, 0.2) is 0 Å². The third kappa shape index (κ3) is 3.08. The Balaban J connectivity index is 1.65. The van der Waals surface area contributed by atoms with Crippen LogP contribution in [0.4, 0.5) is 0 Å². The van der Waals surface area contributed by atoms with Crippen LogP contribution in [-0.2, 0) is 19.4 Å². The summed E-state index contributed by atoms with van der Waals surface area (Å²) in [6.45, 7) is 0.288. The van der Waals surface area contributed by atoms with E-state index in [-0.39, 0.29) is 12.5 Å². The van der Waals surface area contributed by atoms with E-state index in [1.54, 1.807) is 6.07 Å². The van der Waals surface area contributed by atoms with Crippen LogP contribution in [0.25, 0.3) is 0 Å². The van der Waals surface area contributed by atoms with E-state index in [2.05, 4.69) is 17.6 Å². The average molecular weight is 286 g/mol. The van der Waals surface area contributed by atoms with Crippen LogP contribution >= 0.6 is 0 Å². The van der Waals surface area contributed by atoms with Crippen molar-refractivity contribution in [1.82, 2.24) is 5.43 Å². The van der Waals surface area contributed by atoms with Crippen LogP contribution in [0.2, 0.25) is 0 Å². The summed E-state index contributed by atoms with van der Waals surface area (Å²) in [4.78, 5) is 11.3. The number of nitrogen functional groups attached to an aromatic ring is 1. The van der Waals surface area contributed by atoms with E-state index >= 15 is 0 Å². The number of nitrogens with two attached hydrogens (primary N) is 1. The number of nitrogens with one attached hydrogen (secondary N) is 1. The van der Waals surface area contributed by atoms with Gasteiger partial charge in [0.05, 0.1) is 5.56 Å². The van der Waals surface area contributed by atoms with Gasteiger partial charge in [0.25, 0.3) is 5.91 Å². The van der Waals surface area contributed by atoms with Gasteiger partial charge in [-0.2, -0.15) is 0 Å². The second-order valence-electron chi connectivity index (χ2n) is 5.20. The highest BCUT2D eigenvalue weighted by Gasteiger charge is 2.11. The Bertz CT molecular complexity index is 649. The Morgan fingerprint density at radius 2 is 2.05 bits per heavy atom. The second-order valence-corrected chi connectivity index (χ2v) is 5.20. The van der Waals surface area contributed by atoms with Crippen LogP contribution in [0, 0.1) is 0 Å². The maximum Gasteiger partial charge on any atom is 0.268 e. The van der Waals surface area contributed by atoms with E-state index in [0.29, 0.717) is 11.3 Å². The number of amides is 1. The first-order valence-electron chi connectivity index (χ1n) is 7.09. The number of hydrogen-bond donors (Lipinski definition) is 2. The highest BCUT2D eigenvalue weighted by Crippen LogP contribution is 2.25. The molecule has 0 radical (unpaired) electrons. The largest absolute Gasteiger partial charge is 0.486 e. The SMILES string of the molecule is NNC(=O)c1coc(COc2ccc3c(c2)CCCC3)c1. The lowest BCUT2D eigenvalue weighted by atomic mass is 9.92. The average Bonchev–Trinajstić information content (AvgIpc) is 3.01. The molecule has 3 N–H and O–H groups in total. The molecule has 3 rings (SSSR count). The normalized spacial score (nSPS) is 13.6. The van der Waals surface area contributed by atoms with Gasteiger partial charge in [0.1, 0.15) is 24.4 Å². The van der Waals surface area contributed by atoms with E-state index in [1.165, 1.54) is 30.2 Å². The van der Waals surface area contributed by atoms with Crippen molar-refractivity contribution in [3.8, 4) is 5.75 Å². The Labute approximate surface area is 123 Å². The standard InChI is InChI=1S/C16H18N2O3/c17-18-16(19)13-8-15(20-9-13)10-21-14-6-5-11-3-1-2-4-12(11)7-14/h5-9H,1-4,10,17H2,(H,18,19). The maximum absolute atomic E-state index is 11.3. The third-order valence-electron chi connectivity index (χ3n) is 3.75. The molecule has 5 nitrogen and oxygen atoms in total. The van der Waals surface area contributed by atoms with Gasteiger partial charge in [-0.25, -0.2) is 5.84 Å². The molecule has 0 aliphatic heterocycles. The van der Waals surface area contributed by atoms with E-state index in [9.17, 15) is 4.79 Å². The highest BCUT2D eigenvalue weighted by atomic mass is 16.5. The van der Waals surface area contributed by atoms with E-state index in [1.807, 2.05) is 6.07 Å². The zero-order valence-electron chi connectivity index (χ0n) is 11.7. The summed E-state index contributed by atoms with van der Waals surface area (Å²) in [6, 6.07) is 7.85. The summed E-state index contributed by atoms with van der Waals surface area (Å²) in [5.74, 6) is 6.11. The quantitative estimate of drug-likeness (QED) is 0.514. The van der Waals surface area contributed by atoms with Gasteiger partial charge >= 0.3 is 0 Å². The molecule has 1 amide bonds. The number of aryl methyl sites for hydroxylation is 2. The molecule has 1 aliphatic rings. The van der Waals surface area contributed by atoms with Gasteiger partial charge in [0.2, 0.25) is 0 Å². The fourth-order valence-electron chi connectivity index (χ4n) is 2.61. The Hall–Kier alpha value is -2.27. The van der Waals surface area contributed by atoms with Gasteiger partial charge in [-0.15, -0.1) is 0 Å². The summed E-state index contributed by atoms with van der Waals surface area (Å²) in [7, 11) is 0. The van der Waals surface area contributed by atoms with E-state index < -0.39 is 0 Å². The van der Waals surface area contributed by atoms with Crippen LogP contribution in [0.1, 0.15) is 40.1 Å². The molecule has 1 aliphatic carbocycles. The number of carbonyl (C=O) groups is 1. The zero-order chi connectivity index (χ0) is 14.7. The third-order valence-corrected chi connectivity index (χ3v) is 3.75. The number of carbonyl (C=O) groups excluding carboxylic acids is 1. The van der Waals surface area contributed by atoms with Crippen molar-refractivity contribution in [3.05, 3.63) is 53.0 Å². The lowest BCUT2D eigenvalue weighted by Gasteiger charge is -2.16. The maximum atomic E-state index is 11.3. The van der Waals surface area contributed by atoms with E-state index in [0.717, 1.165) is 18.6 Å². The molecular formula is C16H18N2O3. The van der Waals surface area contributed by atoms with Crippen molar-refractivity contribution >= 4 is 5.91 Å². The number of benzene rings is 1. The van der Waals surface area contributed by atoms with Crippen molar-refractivity contribution in [3.63, 3.8) is 0 Å². The number of ether oxygens (including phenoxy) is 1. The van der Waals surface area contributed by atoms with Crippen molar-refractivity contribution in [2.24, 2.45) is 5.84 Å². The van der Waals surface area contributed by atoms with Crippen LogP contribution in [-0.4, -0.2) is 5.91 Å². The minimum absolute atomic E-state index is 0.288. The summed E-state index contributed by atoms with van der Waals surface area (Å²) < 4.78 is 11.0. The zero-order valence-corrected chi connectivity index (χ0v) is 11.7. The summed E-state index contributed by atoms with van der Waals surface area (Å²) in [5, 5.41) is 0. The molecule has 1 heterocycles. The van der Waals surface area contributed by atoms with Crippen LogP contribution in [0.5, 0.6) is 5.75 Å². The van der Waals surface area contributed by atoms with Crippen molar-refractivity contribution in [2.75, 3.05) is 0 Å². The molecule has 110 valence electrons.